The van der Waals surface area contributed by atoms with Gasteiger partial charge in [-0.1, -0.05) is 17.8 Å². The number of thioether (sulfide) groups is 1. The van der Waals surface area contributed by atoms with E-state index in [1.807, 2.05) is 19.1 Å². The number of alkyl halides is 3. The second-order valence-electron chi connectivity index (χ2n) is 5.57. The molecule has 0 saturated carbocycles. The van der Waals surface area contributed by atoms with Crippen LogP contribution >= 0.6 is 11.8 Å². The van der Waals surface area contributed by atoms with E-state index in [9.17, 15) is 13.2 Å². The number of aryl methyl sites for hydroxylation is 1. The molecule has 1 unspecified atom stereocenters. The molecule has 1 atom stereocenters. The predicted octanol–water partition coefficient (Wildman–Crippen LogP) is 4.22. The van der Waals surface area contributed by atoms with E-state index in [-0.39, 0.29) is 11.5 Å². The number of imidazole rings is 1. The Labute approximate surface area is 144 Å². The number of benzene rings is 1. The van der Waals surface area contributed by atoms with Crippen LogP contribution in [0.25, 0.3) is 11.0 Å². The van der Waals surface area contributed by atoms with Crippen LogP contribution in [0.2, 0.25) is 0 Å². The summed E-state index contributed by atoms with van der Waals surface area (Å²) in [6, 6.07) is 6.59. The summed E-state index contributed by atoms with van der Waals surface area (Å²) in [5.74, 6) is 0.262. The number of ether oxygens (including phenoxy) is 2. The number of halogens is 3. The molecule has 0 spiro atoms. The molecule has 5 nitrogen and oxygen atoms in total. The summed E-state index contributed by atoms with van der Waals surface area (Å²) in [6.45, 7) is 1.96. The molecule has 0 fully saturated rings. The second kappa shape index (κ2) is 5.83. The van der Waals surface area contributed by atoms with Gasteiger partial charge in [0.15, 0.2) is 16.7 Å². The molecule has 2 aromatic heterocycles. The van der Waals surface area contributed by atoms with Gasteiger partial charge in [-0.25, -0.2) is 4.98 Å². The van der Waals surface area contributed by atoms with Crippen molar-refractivity contribution in [2.75, 3.05) is 0 Å². The van der Waals surface area contributed by atoms with Gasteiger partial charge < -0.3 is 14.5 Å². The van der Waals surface area contributed by atoms with Gasteiger partial charge >= 0.3 is 12.5 Å². The normalized spacial score (nSPS) is 18.5. The number of rotatable bonds is 3. The molecule has 1 aliphatic heterocycles. The zero-order chi connectivity index (χ0) is 17.6. The summed E-state index contributed by atoms with van der Waals surface area (Å²) in [4.78, 5) is 11.7. The third-order valence-electron chi connectivity index (χ3n) is 3.60. The van der Waals surface area contributed by atoms with Crippen LogP contribution in [0, 0.1) is 6.92 Å². The highest BCUT2D eigenvalue weighted by Crippen LogP contribution is 2.42. The van der Waals surface area contributed by atoms with Gasteiger partial charge in [0, 0.05) is 24.1 Å². The van der Waals surface area contributed by atoms with E-state index < -0.39 is 12.5 Å². The van der Waals surface area contributed by atoms with Crippen LogP contribution < -0.4 is 9.47 Å². The number of aromatic nitrogens is 3. The van der Waals surface area contributed by atoms with Gasteiger partial charge in [0.2, 0.25) is 0 Å². The average Bonchev–Trinajstić information content (AvgIpc) is 2.95. The summed E-state index contributed by atoms with van der Waals surface area (Å²) in [5, 5.41) is 0.586. The summed E-state index contributed by atoms with van der Waals surface area (Å²) in [6.07, 6.45) is -5.09. The zero-order valence-corrected chi connectivity index (χ0v) is 13.7. The number of H-pyrrole nitrogens is 1. The van der Waals surface area contributed by atoms with Crippen molar-refractivity contribution in [1.29, 1.82) is 0 Å². The Kier molecular flexibility index (Phi) is 3.75. The molecule has 130 valence electrons. The van der Waals surface area contributed by atoms with Gasteiger partial charge in [0.05, 0.1) is 16.7 Å². The summed E-state index contributed by atoms with van der Waals surface area (Å²) < 4.78 is 48.7. The Hall–Kier alpha value is -2.42. The van der Waals surface area contributed by atoms with Crippen molar-refractivity contribution in [3.05, 3.63) is 41.7 Å². The van der Waals surface area contributed by atoms with Crippen molar-refractivity contribution in [2.24, 2.45) is 0 Å². The van der Waals surface area contributed by atoms with E-state index in [4.69, 9.17) is 0 Å². The van der Waals surface area contributed by atoms with Gasteiger partial charge in [0.1, 0.15) is 0 Å². The summed E-state index contributed by atoms with van der Waals surface area (Å²) in [7, 11) is 0. The number of pyridine rings is 1. The van der Waals surface area contributed by atoms with Crippen molar-refractivity contribution in [3.63, 3.8) is 0 Å². The molecule has 3 heterocycles. The number of hydrogen-bond donors (Lipinski definition) is 1. The molecule has 9 heteroatoms. The van der Waals surface area contributed by atoms with Crippen molar-refractivity contribution in [3.8, 4) is 11.5 Å². The second-order valence-corrected chi connectivity index (χ2v) is 6.54. The molecule has 0 amide bonds. The highest BCUT2D eigenvalue weighted by molar-refractivity contribution is 7.98. The fraction of sp³-hybridized carbons (Fsp3) is 0.250. The summed E-state index contributed by atoms with van der Waals surface area (Å²) >= 11 is 1.41. The van der Waals surface area contributed by atoms with Crippen molar-refractivity contribution in [1.82, 2.24) is 15.0 Å². The molecule has 25 heavy (non-hydrogen) atoms. The van der Waals surface area contributed by atoms with E-state index in [2.05, 4.69) is 24.4 Å². The molecule has 0 radical (unpaired) electrons. The molecule has 0 bridgehead atoms. The lowest BCUT2D eigenvalue weighted by Crippen LogP contribution is -2.43. The molecule has 1 aliphatic rings. The number of aromatic amines is 1. The number of nitrogens with zero attached hydrogens (tertiary/aromatic N) is 2. The molecule has 0 aliphatic carbocycles. The monoisotopic (exact) mass is 367 g/mol. The maximum absolute atomic E-state index is 13.3. The molecule has 1 N–H and O–H groups in total. The lowest BCUT2D eigenvalue weighted by atomic mass is 10.2. The topological polar surface area (TPSA) is 60.0 Å². The first-order chi connectivity index (χ1) is 11.9. The minimum absolute atomic E-state index is 0.0914. The molecule has 0 saturated heterocycles. The van der Waals surface area contributed by atoms with E-state index in [0.29, 0.717) is 21.9 Å². The zero-order valence-electron chi connectivity index (χ0n) is 12.9. The predicted molar refractivity (Wildman–Crippen MR) is 85.7 cm³/mol. The molecular formula is C16H12F3N3O2S. The number of fused-ring (bicyclic) bond motifs is 2. The van der Waals surface area contributed by atoms with E-state index in [1.54, 1.807) is 6.20 Å². The Morgan fingerprint density at radius 3 is 2.88 bits per heavy atom. The largest absolute Gasteiger partial charge is 0.468 e. The van der Waals surface area contributed by atoms with Crippen molar-refractivity contribution < 1.29 is 22.6 Å². The van der Waals surface area contributed by atoms with Gasteiger partial charge in [-0.2, -0.15) is 13.2 Å². The lowest BCUT2D eigenvalue weighted by Gasteiger charge is -2.28. The smallest absolute Gasteiger partial charge is 0.447 e. The maximum atomic E-state index is 13.3. The Balaban J connectivity index is 1.57. The fourth-order valence-electron chi connectivity index (χ4n) is 2.33. The third kappa shape index (κ3) is 3.11. The molecule has 3 aromatic rings. The fourth-order valence-corrected chi connectivity index (χ4v) is 3.13. The highest BCUT2D eigenvalue weighted by atomic mass is 32.2. The van der Waals surface area contributed by atoms with Crippen LogP contribution in [-0.2, 0) is 5.75 Å². The van der Waals surface area contributed by atoms with E-state index in [0.717, 1.165) is 11.3 Å². The maximum Gasteiger partial charge on any atom is 0.468 e. The first kappa shape index (κ1) is 16.1. The Bertz CT molecular complexity index is 930. The third-order valence-corrected chi connectivity index (χ3v) is 4.50. The number of nitrogens with one attached hydrogen (secondary N) is 1. The standard InChI is InChI=1S/C16H12F3N3O2S/c1-8-2-3-9(20-6-8)7-25-15-21-10-4-12-13(5-11(10)22-15)24-16(18,19)14(17)23-12/h2-6,14H,7H2,1H3,(H,21,22). The molecular weight excluding hydrogens is 355 g/mol. The van der Waals surface area contributed by atoms with Crippen LogP contribution in [0.4, 0.5) is 13.2 Å². The van der Waals surface area contributed by atoms with Crippen LogP contribution in [0.5, 0.6) is 11.5 Å². The van der Waals surface area contributed by atoms with Crippen LogP contribution in [0.15, 0.2) is 35.6 Å². The van der Waals surface area contributed by atoms with E-state index >= 15 is 0 Å². The van der Waals surface area contributed by atoms with Crippen LogP contribution in [0.3, 0.4) is 0 Å². The van der Waals surface area contributed by atoms with Crippen LogP contribution in [-0.4, -0.2) is 27.4 Å². The molecule has 1 aromatic carbocycles. The van der Waals surface area contributed by atoms with E-state index in [1.165, 1.54) is 23.9 Å². The van der Waals surface area contributed by atoms with Gasteiger partial charge in [-0.3, -0.25) is 4.98 Å². The van der Waals surface area contributed by atoms with Gasteiger partial charge in [0.25, 0.3) is 0 Å². The minimum atomic E-state index is -4.02. The van der Waals surface area contributed by atoms with Crippen LogP contribution in [0.1, 0.15) is 11.3 Å². The van der Waals surface area contributed by atoms with Crippen molar-refractivity contribution in [2.45, 2.75) is 30.3 Å². The summed E-state index contributed by atoms with van der Waals surface area (Å²) in [5.41, 5.74) is 2.93. The first-order valence-corrected chi connectivity index (χ1v) is 8.35. The Morgan fingerprint density at radius 2 is 2.12 bits per heavy atom. The number of hydrogen-bond acceptors (Lipinski definition) is 5. The quantitative estimate of drug-likeness (QED) is 0.703. The highest BCUT2D eigenvalue weighted by Gasteiger charge is 2.49. The van der Waals surface area contributed by atoms with Gasteiger partial charge in [-0.05, 0) is 18.6 Å². The van der Waals surface area contributed by atoms with Crippen molar-refractivity contribution >= 4 is 22.8 Å². The Morgan fingerprint density at radius 1 is 1.28 bits per heavy atom. The average molecular weight is 367 g/mol. The lowest BCUT2D eigenvalue weighted by molar-refractivity contribution is -0.281. The SMILES string of the molecule is Cc1ccc(CSc2nc3cc4c(cc3[nH]2)OC(F)C(F)(F)O4)nc1. The molecule has 4 rings (SSSR count). The van der Waals surface area contributed by atoms with Gasteiger partial charge in [-0.15, -0.1) is 0 Å². The minimum Gasteiger partial charge on any atom is -0.447 e. The first-order valence-electron chi connectivity index (χ1n) is 7.36.